The monoisotopic (exact) mass is 535 g/mol. The highest BCUT2D eigenvalue weighted by Crippen LogP contribution is 2.47. The Bertz CT molecular complexity index is 2440. The molecule has 3 nitrogen and oxygen atoms in total. The van der Waals surface area contributed by atoms with E-state index in [2.05, 4.69) is 102 Å². The van der Waals surface area contributed by atoms with Gasteiger partial charge < -0.3 is 4.57 Å². The molecular weight excluding hydrogens is 515 g/mol. The van der Waals surface area contributed by atoms with Crippen LogP contribution in [0.4, 0.5) is 0 Å². The van der Waals surface area contributed by atoms with E-state index < -0.39 is 0 Å². The van der Waals surface area contributed by atoms with Crippen molar-refractivity contribution < 1.29 is 0 Å². The van der Waals surface area contributed by atoms with Crippen molar-refractivity contribution in [3.63, 3.8) is 0 Å². The minimum Gasteiger partial charge on any atom is -0.333 e. The summed E-state index contributed by atoms with van der Waals surface area (Å²) in [6.45, 7) is 2.71. The van der Waals surface area contributed by atoms with Gasteiger partial charge in [-0.3, -0.25) is 0 Å². The Balaban J connectivity index is 1.47. The van der Waals surface area contributed by atoms with Crippen molar-refractivity contribution in [3.8, 4) is 0 Å². The molecule has 0 atom stereocenters. The Kier molecular flexibility index (Phi) is 4.35. The molecule has 0 unspecified atom stereocenters. The van der Waals surface area contributed by atoms with Gasteiger partial charge in [0.05, 0.1) is 32.7 Å². The van der Waals surface area contributed by atoms with Gasteiger partial charge in [-0.25, -0.2) is 9.97 Å². The second-order valence-electron chi connectivity index (χ2n) is 10.2. The Hall–Kier alpha value is -4.32. The Labute approximate surface area is 231 Å². The van der Waals surface area contributed by atoms with Crippen molar-refractivity contribution in [1.29, 1.82) is 0 Å². The molecule has 4 aromatic heterocycles. The minimum absolute atomic E-state index is 0.693. The Morgan fingerprint density at radius 2 is 1.18 bits per heavy atom. The third-order valence-electron chi connectivity index (χ3n) is 7.96. The van der Waals surface area contributed by atoms with Crippen LogP contribution in [-0.2, 0) is 6.54 Å². The van der Waals surface area contributed by atoms with Gasteiger partial charge in [-0.2, -0.15) is 0 Å². The van der Waals surface area contributed by atoms with Gasteiger partial charge >= 0.3 is 0 Å². The smallest absolute Gasteiger partial charge is 0.126 e. The van der Waals surface area contributed by atoms with E-state index in [-0.39, 0.29) is 0 Å². The zero-order valence-corrected chi connectivity index (χ0v) is 22.7. The number of hydrogen-bond donors (Lipinski definition) is 0. The lowest BCUT2D eigenvalue weighted by molar-refractivity contribution is 0.834. The SMILES string of the molecule is Cc1nc(Cn2c3ccccc3c3c4ccccc4c4c5ccccc5sc4c32)c2sc3ccccc3c2n1. The first-order valence-corrected chi connectivity index (χ1v) is 14.8. The lowest BCUT2D eigenvalue weighted by atomic mass is 9.99. The van der Waals surface area contributed by atoms with Gasteiger partial charge in [0.15, 0.2) is 0 Å². The van der Waals surface area contributed by atoms with Gasteiger partial charge in [0, 0.05) is 41.8 Å². The fourth-order valence-electron chi connectivity index (χ4n) is 6.40. The zero-order chi connectivity index (χ0) is 25.7. The van der Waals surface area contributed by atoms with Gasteiger partial charge in [-0.05, 0) is 35.9 Å². The first kappa shape index (κ1) is 21.6. The van der Waals surface area contributed by atoms with E-state index in [1.165, 1.54) is 67.5 Å². The fraction of sp³-hybridized carbons (Fsp3) is 0.0588. The first-order valence-electron chi connectivity index (χ1n) is 13.1. The van der Waals surface area contributed by atoms with Crippen LogP contribution < -0.4 is 0 Å². The van der Waals surface area contributed by atoms with Crippen LogP contribution in [0.1, 0.15) is 11.5 Å². The van der Waals surface area contributed by atoms with Gasteiger partial charge in [-0.15, -0.1) is 22.7 Å². The normalized spacial score (nSPS) is 12.3. The van der Waals surface area contributed by atoms with E-state index in [9.17, 15) is 0 Å². The summed E-state index contributed by atoms with van der Waals surface area (Å²) in [5.74, 6) is 0.819. The van der Waals surface area contributed by atoms with Crippen molar-refractivity contribution in [2.24, 2.45) is 0 Å². The molecule has 0 aliphatic heterocycles. The van der Waals surface area contributed by atoms with E-state index in [0.717, 1.165) is 17.0 Å². The minimum atomic E-state index is 0.693. The van der Waals surface area contributed by atoms with Crippen molar-refractivity contribution >= 4 is 95.7 Å². The van der Waals surface area contributed by atoms with Crippen LogP contribution in [0.15, 0.2) is 97.1 Å². The third-order valence-corrected chi connectivity index (χ3v) is 10.3. The van der Waals surface area contributed by atoms with Gasteiger partial charge in [-0.1, -0.05) is 78.9 Å². The van der Waals surface area contributed by atoms with Crippen LogP contribution in [0.2, 0.25) is 0 Å². The molecule has 0 aliphatic rings. The first-order chi connectivity index (χ1) is 19.3. The van der Waals surface area contributed by atoms with E-state index >= 15 is 0 Å². The molecule has 0 bridgehead atoms. The molecule has 0 radical (unpaired) electrons. The van der Waals surface area contributed by atoms with Crippen LogP contribution in [0, 0.1) is 6.92 Å². The summed E-state index contributed by atoms with van der Waals surface area (Å²) in [5.41, 5.74) is 4.70. The quantitative estimate of drug-likeness (QED) is 0.220. The highest BCUT2D eigenvalue weighted by atomic mass is 32.1. The number of benzene rings is 5. The van der Waals surface area contributed by atoms with Crippen molar-refractivity contribution in [2.75, 3.05) is 0 Å². The molecular formula is C34H21N3S2. The molecule has 0 amide bonds. The standard InChI is InChI=1S/C34H21N3S2/c1-19-35-25(33-31(36-19)24-14-6-9-17-28(24)38-33)18-37-26-15-7-4-12-22(26)29-20-10-2-3-11-21(20)30-23-13-5-8-16-27(23)39-34(30)32(29)37/h2-17H,18H2,1H3. The molecule has 0 N–H and O–H groups in total. The van der Waals surface area contributed by atoms with E-state index in [0.29, 0.717) is 6.54 Å². The second kappa shape index (κ2) is 7.85. The van der Waals surface area contributed by atoms with Crippen LogP contribution in [-0.4, -0.2) is 14.5 Å². The molecule has 5 heteroatoms. The second-order valence-corrected chi connectivity index (χ2v) is 12.3. The van der Waals surface area contributed by atoms with E-state index in [1.54, 1.807) is 11.3 Å². The number of fused-ring (bicyclic) bond motifs is 13. The predicted molar refractivity (Wildman–Crippen MR) is 169 cm³/mol. The number of aryl methyl sites for hydroxylation is 1. The molecule has 0 saturated heterocycles. The molecule has 9 rings (SSSR count). The molecule has 5 aromatic carbocycles. The third kappa shape index (κ3) is 2.92. The molecule has 0 aliphatic carbocycles. The van der Waals surface area contributed by atoms with Crippen LogP contribution in [0.5, 0.6) is 0 Å². The number of rotatable bonds is 2. The summed E-state index contributed by atoms with van der Waals surface area (Å²) < 4.78 is 7.63. The summed E-state index contributed by atoms with van der Waals surface area (Å²) in [6.07, 6.45) is 0. The number of thiophene rings is 2. The molecule has 9 aromatic rings. The zero-order valence-electron chi connectivity index (χ0n) is 21.1. The number of aromatic nitrogens is 3. The number of para-hydroxylation sites is 1. The van der Waals surface area contributed by atoms with Crippen LogP contribution in [0.25, 0.3) is 73.1 Å². The topological polar surface area (TPSA) is 30.7 Å². The van der Waals surface area contributed by atoms with E-state index in [4.69, 9.17) is 9.97 Å². The highest BCUT2D eigenvalue weighted by Gasteiger charge is 2.22. The maximum Gasteiger partial charge on any atom is 0.126 e. The highest BCUT2D eigenvalue weighted by molar-refractivity contribution is 7.27. The molecule has 184 valence electrons. The molecule has 4 heterocycles. The number of hydrogen-bond acceptors (Lipinski definition) is 4. The fourth-order valence-corrected chi connectivity index (χ4v) is 8.80. The molecule has 0 fully saturated rings. The molecule has 0 saturated carbocycles. The van der Waals surface area contributed by atoms with Gasteiger partial charge in [0.1, 0.15) is 5.82 Å². The van der Waals surface area contributed by atoms with Crippen molar-refractivity contribution in [2.45, 2.75) is 13.5 Å². The van der Waals surface area contributed by atoms with Gasteiger partial charge in [0.25, 0.3) is 0 Å². The van der Waals surface area contributed by atoms with Crippen molar-refractivity contribution in [3.05, 3.63) is 109 Å². The lowest BCUT2D eigenvalue weighted by Crippen LogP contribution is -2.04. The summed E-state index contributed by atoms with van der Waals surface area (Å²) in [5, 5.41) is 9.16. The largest absolute Gasteiger partial charge is 0.333 e. The van der Waals surface area contributed by atoms with Gasteiger partial charge in [0.2, 0.25) is 0 Å². The Morgan fingerprint density at radius 1 is 0.590 bits per heavy atom. The number of nitrogens with zero attached hydrogens (tertiary/aromatic N) is 3. The summed E-state index contributed by atoms with van der Waals surface area (Å²) >= 11 is 3.71. The van der Waals surface area contributed by atoms with Crippen LogP contribution in [0.3, 0.4) is 0 Å². The maximum absolute atomic E-state index is 5.05. The molecule has 0 spiro atoms. The predicted octanol–water partition coefficient (Wildman–Crippen LogP) is 9.83. The summed E-state index contributed by atoms with van der Waals surface area (Å²) in [7, 11) is 0. The Morgan fingerprint density at radius 3 is 1.97 bits per heavy atom. The summed E-state index contributed by atoms with van der Waals surface area (Å²) in [4.78, 5) is 9.94. The summed E-state index contributed by atoms with van der Waals surface area (Å²) in [6, 6.07) is 35.2. The molecule has 39 heavy (non-hydrogen) atoms. The average Bonchev–Trinajstić information content (AvgIpc) is 3.64. The van der Waals surface area contributed by atoms with Crippen molar-refractivity contribution in [1.82, 2.24) is 14.5 Å². The lowest BCUT2D eigenvalue weighted by Gasteiger charge is -2.11. The maximum atomic E-state index is 5.05. The van der Waals surface area contributed by atoms with E-state index in [1.807, 2.05) is 18.3 Å². The van der Waals surface area contributed by atoms with Crippen LogP contribution >= 0.6 is 22.7 Å². The average molecular weight is 536 g/mol.